The van der Waals surface area contributed by atoms with Crippen LogP contribution in [0.3, 0.4) is 0 Å². The van der Waals surface area contributed by atoms with Gasteiger partial charge in [-0.3, -0.25) is 0 Å². The van der Waals surface area contributed by atoms with Crippen LogP contribution in [0.1, 0.15) is 17.9 Å². The lowest BCUT2D eigenvalue weighted by Crippen LogP contribution is -2.13. The van der Waals surface area contributed by atoms with E-state index in [4.69, 9.17) is 27.9 Å². The standard InChI is InChI=1S/C23H19Cl2FN2O/c24-17-5-10-20(21(25)13-17)16(11-12-29-19-8-6-18(26)7-9-19)14-28-15-27-22-3-1-2-4-23(22)28/h1-10,13,15-16H,11-12,14H2. The zero-order valence-electron chi connectivity index (χ0n) is 15.6. The van der Waals surface area contributed by atoms with Crippen molar-refractivity contribution in [2.75, 3.05) is 6.61 Å². The molecule has 0 aliphatic carbocycles. The number of imidazole rings is 1. The number of nitrogens with zero attached hydrogens (tertiary/aromatic N) is 2. The Morgan fingerprint density at radius 3 is 2.59 bits per heavy atom. The van der Waals surface area contributed by atoms with Crippen LogP contribution in [0.2, 0.25) is 10.0 Å². The van der Waals surface area contributed by atoms with Gasteiger partial charge in [-0.2, -0.15) is 0 Å². The van der Waals surface area contributed by atoms with E-state index in [2.05, 4.69) is 15.6 Å². The predicted molar refractivity (Wildman–Crippen MR) is 115 cm³/mol. The van der Waals surface area contributed by atoms with E-state index in [0.29, 0.717) is 28.9 Å². The van der Waals surface area contributed by atoms with Crippen molar-refractivity contribution in [2.45, 2.75) is 18.9 Å². The maximum absolute atomic E-state index is 13.1. The number of ether oxygens (including phenoxy) is 1. The molecule has 4 aromatic rings. The van der Waals surface area contributed by atoms with Crippen LogP contribution < -0.4 is 4.74 Å². The highest BCUT2D eigenvalue weighted by atomic mass is 35.5. The van der Waals surface area contributed by atoms with Crippen molar-refractivity contribution in [1.29, 1.82) is 0 Å². The molecule has 3 aromatic carbocycles. The van der Waals surface area contributed by atoms with Gasteiger partial charge in [-0.25, -0.2) is 9.37 Å². The van der Waals surface area contributed by atoms with Gasteiger partial charge in [0.05, 0.1) is 24.0 Å². The maximum atomic E-state index is 13.1. The molecule has 1 aromatic heterocycles. The molecule has 0 spiro atoms. The summed E-state index contributed by atoms with van der Waals surface area (Å²) in [6, 6.07) is 19.6. The molecule has 1 unspecified atom stereocenters. The summed E-state index contributed by atoms with van der Waals surface area (Å²) in [7, 11) is 0. The Balaban J connectivity index is 1.55. The van der Waals surface area contributed by atoms with Gasteiger partial charge in [-0.15, -0.1) is 0 Å². The fraction of sp³-hybridized carbons (Fsp3) is 0.174. The van der Waals surface area contributed by atoms with Crippen LogP contribution in [0.4, 0.5) is 4.39 Å². The van der Waals surface area contributed by atoms with E-state index in [1.807, 2.05) is 36.7 Å². The average molecular weight is 429 g/mol. The predicted octanol–water partition coefficient (Wildman–Crippen LogP) is 6.74. The van der Waals surface area contributed by atoms with Crippen LogP contribution in [0.15, 0.2) is 73.1 Å². The molecule has 1 atom stereocenters. The molecule has 0 saturated carbocycles. The lowest BCUT2D eigenvalue weighted by Gasteiger charge is -2.20. The smallest absolute Gasteiger partial charge is 0.123 e. The molecule has 0 aliphatic heterocycles. The first-order chi connectivity index (χ1) is 14.1. The number of hydrogen-bond donors (Lipinski definition) is 0. The second kappa shape index (κ2) is 8.85. The normalized spacial score (nSPS) is 12.2. The number of aromatic nitrogens is 2. The van der Waals surface area contributed by atoms with E-state index < -0.39 is 0 Å². The monoisotopic (exact) mass is 428 g/mol. The molecule has 1 heterocycles. The number of benzene rings is 3. The first-order valence-electron chi connectivity index (χ1n) is 9.33. The number of halogens is 3. The summed E-state index contributed by atoms with van der Waals surface area (Å²) < 4.78 is 21.0. The van der Waals surface area contributed by atoms with Crippen molar-refractivity contribution in [3.05, 3.63) is 94.5 Å². The Hall–Kier alpha value is -2.56. The molecule has 0 bridgehead atoms. The summed E-state index contributed by atoms with van der Waals surface area (Å²) >= 11 is 12.6. The maximum Gasteiger partial charge on any atom is 0.123 e. The Bertz CT molecular complexity index is 1110. The highest BCUT2D eigenvalue weighted by Crippen LogP contribution is 2.32. The quantitative estimate of drug-likeness (QED) is 0.326. The minimum absolute atomic E-state index is 0.0952. The van der Waals surface area contributed by atoms with Gasteiger partial charge >= 0.3 is 0 Å². The molecular weight excluding hydrogens is 410 g/mol. The van der Waals surface area contributed by atoms with Gasteiger partial charge in [0.2, 0.25) is 0 Å². The van der Waals surface area contributed by atoms with Gasteiger partial charge < -0.3 is 9.30 Å². The first kappa shape index (κ1) is 19.7. The summed E-state index contributed by atoms with van der Waals surface area (Å²) in [5.74, 6) is 0.452. The Morgan fingerprint density at radius 1 is 1.00 bits per heavy atom. The zero-order valence-corrected chi connectivity index (χ0v) is 17.1. The fourth-order valence-corrected chi connectivity index (χ4v) is 3.98. The SMILES string of the molecule is Fc1ccc(OCCC(Cn2cnc3ccccc32)c2ccc(Cl)cc2Cl)cc1. The van der Waals surface area contributed by atoms with Gasteiger partial charge in [-0.1, -0.05) is 41.4 Å². The molecule has 0 N–H and O–H groups in total. The van der Waals surface area contributed by atoms with Crippen molar-refractivity contribution < 1.29 is 9.13 Å². The van der Waals surface area contributed by atoms with E-state index in [1.165, 1.54) is 12.1 Å². The van der Waals surface area contributed by atoms with E-state index in [0.717, 1.165) is 23.0 Å². The van der Waals surface area contributed by atoms with Crippen LogP contribution in [0, 0.1) is 5.82 Å². The van der Waals surface area contributed by atoms with Gasteiger partial charge in [-0.05, 0) is 60.5 Å². The second-order valence-electron chi connectivity index (χ2n) is 6.84. The minimum atomic E-state index is -0.282. The lowest BCUT2D eigenvalue weighted by molar-refractivity contribution is 0.291. The van der Waals surface area contributed by atoms with Crippen LogP contribution in [0.5, 0.6) is 5.75 Å². The third-order valence-electron chi connectivity index (χ3n) is 4.90. The van der Waals surface area contributed by atoms with E-state index in [9.17, 15) is 4.39 Å². The van der Waals surface area contributed by atoms with Crippen molar-refractivity contribution in [2.24, 2.45) is 0 Å². The van der Waals surface area contributed by atoms with Gasteiger partial charge in [0, 0.05) is 22.5 Å². The zero-order chi connectivity index (χ0) is 20.2. The molecule has 29 heavy (non-hydrogen) atoms. The van der Waals surface area contributed by atoms with Crippen molar-refractivity contribution in [1.82, 2.24) is 9.55 Å². The molecule has 0 radical (unpaired) electrons. The minimum Gasteiger partial charge on any atom is -0.494 e. The summed E-state index contributed by atoms with van der Waals surface area (Å²) in [5.41, 5.74) is 3.04. The number of para-hydroxylation sites is 2. The summed E-state index contributed by atoms with van der Waals surface area (Å²) in [6.45, 7) is 1.18. The van der Waals surface area contributed by atoms with Crippen LogP contribution in [-0.2, 0) is 6.54 Å². The van der Waals surface area contributed by atoms with Crippen LogP contribution in [-0.4, -0.2) is 16.2 Å². The number of hydrogen-bond acceptors (Lipinski definition) is 2. The topological polar surface area (TPSA) is 27.1 Å². The van der Waals surface area contributed by atoms with Crippen LogP contribution >= 0.6 is 23.2 Å². The van der Waals surface area contributed by atoms with Crippen molar-refractivity contribution in [3.8, 4) is 5.75 Å². The van der Waals surface area contributed by atoms with Crippen molar-refractivity contribution >= 4 is 34.2 Å². The van der Waals surface area contributed by atoms with Gasteiger partial charge in [0.25, 0.3) is 0 Å². The Morgan fingerprint density at radius 2 is 1.79 bits per heavy atom. The van der Waals surface area contributed by atoms with E-state index in [-0.39, 0.29) is 11.7 Å². The largest absolute Gasteiger partial charge is 0.494 e. The third kappa shape index (κ3) is 4.72. The Labute approximate surface area is 178 Å². The van der Waals surface area contributed by atoms with Crippen molar-refractivity contribution in [3.63, 3.8) is 0 Å². The molecule has 0 fully saturated rings. The lowest BCUT2D eigenvalue weighted by atomic mass is 9.95. The summed E-state index contributed by atoms with van der Waals surface area (Å²) in [6.07, 6.45) is 2.58. The molecule has 4 rings (SSSR count). The summed E-state index contributed by atoms with van der Waals surface area (Å²) in [5, 5.41) is 1.24. The first-order valence-corrected chi connectivity index (χ1v) is 10.1. The fourth-order valence-electron chi connectivity index (χ4n) is 3.42. The average Bonchev–Trinajstić information content (AvgIpc) is 3.12. The van der Waals surface area contributed by atoms with E-state index in [1.54, 1.807) is 18.2 Å². The molecule has 3 nitrogen and oxygen atoms in total. The van der Waals surface area contributed by atoms with Crippen LogP contribution in [0.25, 0.3) is 11.0 Å². The molecule has 6 heteroatoms. The highest BCUT2D eigenvalue weighted by molar-refractivity contribution is 6.35. The summed E-state index contributed by atoms with van der Waals surface area (Å²) in [4.78, 5) is 4.48. The molecular formula is C23H19Cl2FN2O. The molecule has 0 amide bonds. The highest BCUT2D eigenvalue weighted by Gasteiger charge is 2.18. The third-order valence-corrected chi connectivity index (χ3v) is 5.46. The second-order valence-corrected chi connectivity index (χ2v) is 7.68. The molecule has 148 valence electrons. The Kier molecular flexibility index (Phi) is 6.02. The van der Waals surface area contributed by atoms with Gasteiger partial charge in [0.15, 0.2) is 0 Å². The van der Waals surface area contributed by atoms with Gasteiger partial charge in [0.1, 0.15) is 11.6 Å². The molecule has 0 aliphatic rings. The number of rotatable bonds is 7. The molecule has 0 saturated heterocycles. The number of fused-ring (bicyclic) bond motifs is 1. The van der Waals surface area contributed by atoms with E-state index >= 15 is 0 Å².